The Kier molecular flexibility index (Phi) is 5.02. The van der Waals surface area contributed by atoms with Crippen molar-refractivity contribution in [2.75, 3.05) is 26.2 Å². The molecule has 1 unspecified atom stereocenters. The zero-order chi connectivity index (χ0) is 17.1. The number of halogens is 1. The lowest BCUT2D eigenvalue weighted by atomic mass is 10.1. The van der Waals surface area contributed by atoms with Gasteiger partial charge in [-0.05, 0) is 30.7 Å². The number of aromatic nitrogens is 1. The van der Waals surface area contributed by atoms with Gasteiger partial charge in [-0.15, -0.1) is 0 Å². The summed E-state index contributed by atoms with van der Waals surface area (Å²) in [6, 6.07) is 12.8. The normalized spacial score (nSPS) is 16.8. The molecular weight excluding hydrogens is 326 g/mol. The van der Waals surface area contributed by atoms with Crippen molar-refractivity contribution in [1.29, 1.82) is 0 Å². The predicted molar refractivity (Wildman–Crippen MR) is 94.4 cm³/mol. The molecule has 1 atom stereocenters. The van der Waals surface area contributed by atoms with E-state index in [-0.39, 0.29) is 17.5 Å². The number of rotatable bonds is 3. The molecule has 24 heavy (non-hydrogen) atoms. The molecule has 1 fully saturated rings. The van der Waals surface area contributed by atoms with Crippen LogP contribution in [-0.2, 0) is 0 Å². The van der Waals surface area contributed by atoms with E-state index in [1.165, 1.54) is 11.6 Å². The molecule has 0 radical (unpaired) electrons. The highest BCUT2D eigenvalue weighted by Crippen LogP contribution is 2.23. The number of pyridine rings is 1. The smallest absolute Gasteiger partial charge is 0.270 e. The van der Waals surface area contributed by atoms with Crippen LogP contribution in [-0.4, -0.2) is 46.9 Å². The summed E-state index contributed by atoms with van der Waals surface area (Å²) in [6.45, 7) is 5.05. The van der Waals surface area contributed by atoms with Crippen molar-refractivity contribution in [1.82, 2.24) is 14.8 Å². The molecule has 2 heterocycles. The fourth-order valence-electron chi connectivity index (χ4n) is 3.01. The highest BCUT2D eigenvalue weighted by molar-refractivity contribution is 6.30. The molecule has 0 spiro atoms. The maximum Gasteiger partial charge on any atom is 0.270 e. The molecule has 1 aliphatic rings. The van der Waals surface area contributed by atoms with Gasteiger partial charge < -0.3 is 9.88 Å². The second-order valence-electron chi connectivity index (χ2n) is 5.98. The number of nitrogens with one attached hydrogen (secondary N) is 1. The first-order valence-corrected chi connectivity index (χ1v) is 8.40. The van der Waals surface area contributed by atoms with Crippen LogP contribution in [0.25, 0.3) is 0 Å². The Morgan fingerprint density at radius 3 is 2.38 bits per heavy atom. The molecule has 1 amide bonds. The van der Waals surface area contributed by atoms with Crippen LogP contribution >= 0.6 is 11.6 Å². The van der Waals surface area contributed by atoms with Gasteiger partial charge in [0.2, 0.25) is 5.56 Å². The number of carbonyl (C=O) groups excluding carboxylic acids is 1. The average Bonchev–Trinajstić information content (AvgIpc) is 2.61. The van der Waals surface area contributed by atoms with Gasteiger partial charge in [0, 0.05) is 43.3 Å². The summed E-state index contributed by atoms with van der Waals surface area (Å²) >= 11 is 5.94. The minimum absolute atomic E-state index is 0.119. The summed E-state index contributed by atoms with van der Waals surface area (Å²) in [5.74, 6) is -0.119. The second-order valence-corrected chi connectivity index (χ2v) is 6.42. The minimum atomic E-state index is -0.254. The summed E-state index contributed by atoms with van der Waals surface area (Å²) in [6.07, 6.45) is 0. The van der Waals surface area contributed by atoms with E-state index in [0.29, 0.717) is 18.8 Å². The second kappa shape index (κ2) is 7.20. The topological polar surface area (TPSA) is 56.4 Å². The fraction of sp³-hybridized carbons (Fsp3) is 0.333. The first-order chi connectivity index (χ1) is 11.5. The molecule has 0 saturated carbocycles. The van der Waals surface area contributed by atoms with Gasteiger partial charge in [0.25, 0.3) is 5.91 Å². The van der Waals surface area contributed by atoms with E-state index in [0.717, 1.165) is 18.1 Å². The number of benzene rings is 1. The number of nitrogens with zero attached hydrogens (tertiary/aromatic N) is 2. The number of carbonyl (C=O) groups is 1. The third-order valence-electron chi connectivity index (χ3n) is 4.50. The van der Waals surface area contributed by atoms with Crippen LogP contribution in [0.1, 0.15) is 29.0 Å². The van der Waals surface area contributed by atoms with Crippen LogP contribution in [0, 0.1) is 0 Å². The lowest BCUT2D eigenvalue weighted by Gasteiger charge is -2.38. The van der Waals surface area contributed by atoms with Crippen molar-refractivity contribution in [2.24, 2.45) is 0 Å². The molecule has 5 nitrogen and oxygen atoms in total. The quantitative estimate of drug-likeness (QED) is 0.930. The molecule has 1 aliphatic heterocycles. The van der Waals surface area contributed by atoms with Gasteiger partial charge in [0.05, 0.1) is 0 Å². The van der Waals surface area contributed by atoms with Gasteiger partial charge in [-0.25, -0.2) is 0 Å². The summed E-state index contributed by atoms with van der Waals surface area (Å²) < 4.78 is 0. The maximum atomic E-state index is 12.5. The summed E-state index contributed by atoms with van der Waals surface area (Å²) in [5, 5.41) is 0.734. The van der Waals surface area contributed by atoms with Crippen molar-refractivity contribution in [3.63, 3.8) is 0 Å². The number of piperazine rings is 1. The van der Waals surface area contributed by atoms with Crippen molar-refractivity contribution in [2.45, 2.75) is 13.0 Å². The molecule has 1 aromatic heterocycles. The van der Waals surface area contributed by atoms with Crippen LogP contribution in [0.5, 0.6) is 0 Å². The van der Waals surface area contributed by atoms with Gasteiger partial charge in [-0.2, -0.15) is 0 Å². The number of hydrogen-bond donors (Lipinski definition) is 1. The first kappa shape index (κ1) is 16.7. The third kappa shape index (κ3) is 3.68. The van der Waals surface area contributed by atoms with Crippen LogP contribution in [0.4, 0.5) is 0 Å². The zero-order valence-corrected chi connectivity index (χ0v) is 14.3. The van der Waals surface area contributed by atoms with Crippen molar-refractivity contribution in [3.8, 4) is 0 Å². The Morgan fingerprint density at radius 2 is 1.75 bits per heavy atom. The number of aromatic amines is 1. The van der Waals surface area contributed by atoms with Crippen LogP contribution in [0.3, 0.4) is 0 Å². The van der Waals surface area contributed by atoms with Gasteiger partial charge >= 0.3 is 0 Å². The van der Waals surface area contributed by atoms with E-state index in [1.807, 2.05) is 24.3 Å². The summed E-state index contributed by atoms with van der Waals surface area (Å²) in [7, 11) is 0. The van der Waals surface area contributed by atoms with Crippen molar-refractivity contribution >= 4 is 17.5 Å². The van der Waals surface area contributed by atoms with E-state index in [9.17, 15) is 9.59 Å². The van der Waals surface area contributed by atoms with E-state index in [4.69, 9.17) is 11.6 Å². The minimum Gasteiger partial charge on any atom is -0.335 e. The summed E-state index contributed by atoms with van der Waals surface area (Å²) in [4.78, 5) is 30.5. The molecular formula is C18H20ClN3O2. The van der Waals surface area contributed by atoms with Crippen LogP contribution < -0.4 is 5.56 Å². The molecule has 126 valence electrons. The van der Waals surface area contributed by atoms with Crippen LogP contribution in [0.2, 0.25) is 5.02 Å². The zero-order valence-electron chi connectivity index (χ0n) is 13.5. The lowest BCUT2D eigenvalue weighted by Crippen LogP contribution is -2.49. The van der Waals surface area contributed by atoms with Crippen molar-refractivity contribution in [3.05, 3.63) is 69.1 Å². The fourth-order valence-corrected chi connectivity index (χ4v) is 3.13. The molecule has 0 bridgehead atoms. The maximum absolute atomic E-state index is 12.5. The Bertz CT molecular complexity index is 764. The molecule has 1 aromatic carbocycles. The Morgan fingerprint density at radius 1 is 1.08 bits per heavy atom. The number of amides is 1. The van der Waals surface area contributed by atoms with Gasteiger partial charge in [0.15, 0.2) is 0 Å². The van der Waals surface area contributed by atoms with Gasteiger partial charge in [0.1, 0.15) is 5.69 Å². The van der Waals surface area contributed by atoms with E-state index < -0.39 is 0 Å². The standard InChI is InChI=1S/C18H20ClN3O2/c1-13(14-5-7-15(19)8-6-14)21-9-11-22(12-10-21)18(24)16-3-2-4-17(23)20-16/h2-8,13H,9-12H2,1H3,(H,20,23). The van der Waals surface area contributed by atoms with Crippen molar-refractivity contribution < 1.29 is 4.79 Å². The highest BCUT2D eigenvalue weighted by atomic mass is 35.5. The molecule has 1 N–H and O–H groups in total. The molecule has 6 heteroatoms. The molecule has 3 rings (SSSR count). The Hall–Kier alpha value is -2.11. The van der Waals surface area contributed by atoms with E-state index in [1.54, 1.807) is 17.0 Å². The van der Waals surface area contributed by atoms with Crippen LogP contribution in [0.15, 0.2) is 47.3 Å². The number of H-pyrrole nitrogens is 1. The van der Waals surface area contributed by atoms with Gasteiger partial charge in [-0.1, -0.05) is 29.8 Å². The highest BCUT2D eigenvalue weighted by Gasteiger charge is 2.25. The summed E-state index contributed by atoms with van der Waals surface area (Å²) in [5.41, 5.74) is 1.31. The Labute approximate surface area is 145 Å². The largest absolute Gasteiger partial charge is 0.335 e. The third-order valence-corrected chi connectivity index (χ3v) is 4.75. The monoisotopic (exact) mass is 345 g/mol. The molecule has 1 saturated heterocycles. The SMILES string of the molecule is CC(c1ccc(Cl)cc1)N1CCN(C(=O)c2cccc(=O)[nH]2)CC1. The predicted octanol–water partition coefficient (Wildman–Crippen LogP) is 2.55. The molecule has 0 aliphatic carbocycles. The van der Waals surface area contributed by atoms with Gasteiger partial charge in [-0.3, -0.25) is 14.5 Å². The lowest BCUT2D eigenvalue weighted by molar-refractivity contribution is 0.0576. The average molecular weight is 346 g/mol. The first-order valence-electron chi connectivity index (χ1n) is 8.03. The number of hydrogen-bond acceptors (Lipinski definition) is 3. The van der Waals surface area contributed by atoms with E-state index in [2.05, 4.69) is 16.8 Å². The molecule has 2 aromatic rings. The van der Waals surface area contributed by atoms with E-state index >= 15 is 0 Å². The Balaban J connectivity index is 1.62.